The Kier molecular flexibility index (Phi) is 11.3. The zero-order chi connectivity index (χ0) is 27.9. The lowest BCUT2D eigenvalue weighted by Gasteiger charge is -2.28. The number of hydrogen-bond acceptors (Lipinski definition) is 7. The Morgan fingerprint density at radius 3 is 1.97 bits per heavy atom. The van der Waals surface area contributed by atoms with E-state index in [0.717, 1.165) is 12.3 Å². The van der Waals surface area contributed by atoms with Crippen LogP contribution in [0, 0.1) is 23.7 Å². The minimum absolute atomic E-state index is 0.0146. The molecular weight excluding hydrogens is 484 g/mol. The van der Waals surface area contributed by atoms with Crippen molar-refractivity contribution in [2.24, 2.45) is 23.7 Å². The number of rotatable bonds is 15. The van der Waals surface area contributed by atoms with E-state index in [9.17, 15) is 34.2 Å². The smallest absolute Gasteiger partial charge is 0.326 e. The van der Waals surface area contributed by atoms with Crippen LogP contribution in [0.15, 0.2) is 0 Å². The van der Waals surface area contributed by atoms with Crippen LogP contribution in [-0.4, -0.2) is 81.8 Å². The van der Waals surface area contributed by atoms with Crippen LogP contribution in [0.25, 0.3) is 0 Å². The number of carboxylic acids is 2. The van der Waals surface area contributed by atoms with Crippen LogP contribution in [0.5, 0.6) is 0 Å². The third-order valence-corrected chi connectivity index (χ3v) is 7.52. The number of fused-ring (bicyclic) bond motifs is 2. The van der Waals surface area contributed by atoms with E-state index in [1.54, 1.807) is 13.8 Å². The van der Waals surface area contributed by atoms with E-state index in [2.05, 4.69) is 21.3 Å². The molecule has 0 radical (unpaired) electrons. The van der Waals surface area contributed by atoms with Gasteiger partial charge in [0.2, 0.25) is 17.7 Å². The summed E-state index contributed by atoms with van der Waals surface area (Å²) in [5.41, 5.74) is 0. The topological polar surface area (TPSA) is 194 Å². The summed E-state index contributed by atoms with van der Waals surface area (Å²) in [7, 11) is 0. The molecule has 0 aromatic carbocycles. The van der Waals surface area contributed by atoms with Crippen LogP contribution < -0.4 is 21.3 Å². The highest BCUT2D eigenvalue weighted by molar-refractivity contribution is 5.94. The Balaban J connectivity index is 1.99. The Hall–Kier alpha value is -2.73. The van der Waals surface area contributed by atoms with Gasteiger partial charge < -0.3 is 36.6 Å². The average molecular weight is 527 g/mol. The molecule has 8 atom stereocenters. The summed E-state index contributed by atoms with van der Waals surface area (Å²) in [6.45, 7) is 6.51. The van der Waals surface area contributed by atoms with Crippen molar-refractivity contribution in [1.29, 1.82) is 0 Å². The first kappa shape index (κ1) is 30.5. The number of carbonyl (C=O) groups excluding carboxylic acids is 3. The van der Waals surface area contributed by atoms with Crippen molar-refractivity contribution in [2.75, 3.05) is 6.54 Å². The zero-order valence-corrected chi connectivity index (χ0v) is 22.0. The lowest BCUT2D eigenvalue weighted by atomic mass is 9.88. The van der Waals surface area contributed by atoms with Gasteiger partial charge in [0.25, 0.3) is 0 Å². The predicted molar refractivity (Wildman–Crippen MR) is 133 cm³/mol. The molecule has 12 heteroatoms. The van der Waals surface area contributed by atoms with Crippen LogP contribution >= 0.6 is 0 Å². The summed E-state index contributed by atoms with van der Waals surface area (Å²) in [6, 6.07) is -4.55. The van der Waals surface area contributed by atoms with E-state index in [0.29, 0.717) is 18.4 Å². The van der Waals surface area contributed by atoms with Crippen molar-refractivity contribution < 1.29 is 39.3 Å². The maximum absolute atomic E-state index is 13.1. The molecule has 2 bridgehead atoms. The molecule has 7 N–H and O–H groups in total. The summed E-state index contributed by atoms with van der Waals surface area (Å²) >= 11 is 0. The number of aliphatic hydroxyl groups is 1. The highest BCUT2D eigenvalue weighted by Gasteiger charge is 2.40. The van der Waals surface area contributed by atoms with Gasteiger partial charge in [-0.3, -0.25) is 19.2 Å². The first-order chi connectivity index (χ1) is 17.3. The van der Waals surface area contributed by atoms with E-state index in [-0.39, 0.29) is 18.8 Å². The summed E-state index contributed by atoms with van der Waals surface area (Å²) < 4.78 is 0. The van der Waals surface area contributed by atoms with Crippen LogP contribution in [0.1, 0.15) is 66.2 Å². The van der Waals surface area contributed by atoms with Gasteiger partial charge in [0.15, 0.2) is 0 Å². The fraction of sp³-hybridized carbons (Fsp3) is 0.800. The molecule has 0 aliphatic heterocycles. The largest absolute Gasteiger partial charge is 0.481 e. The summed E-state index contributed by atoms with van der Waals surface area (Å²) in [5, 5.41) is 39.0. The quantitative estimate of drug-likeness (QED) is 0.152. The minimum atomic E-state index is -1.40. The first-order valence-electron chi connectivity index (χ1n) is 13.1. The maximum atomic E-state index is 13.1. The van der Waals surface area contributed by atoms with Gasteiger partial charge in [0, 0.05) is 6.42 Å². The summed E-state index contributed by atoms with van der Waals surface area (Å²) in [4.78, 5) is 60.8. The number of aliphatic hydroxyl groups excluding tert-OH is 1. The van der Waals surface area contributed by atoms with Gasteiger partial charge in [0.1, 0.15) is 18.1 Å². The second-order valence-electron chi connectivity index (χ2n) is 10.9. The Morgan fingerprint density at radius 2 is 1.49 bits per heavy atom. The summed E-state index contributed by atoms with van der Waals surface area (Å²) in [5.74, 6) is -3.06. The summed E-state index contributed by atoms with van der Waals surface area (Å²) in [6.07, 6.45) is 3.14. The molecule has 0 aromatic heterocycles. The Labute approximate surface area is 217 Å². The van der Waals surface area contributed by atoms with Gasteiger partial charge >= 0.3 is 11.9 Å². The zero-order valence-electron chi connectivity index (χ0n) is 22.0. The van der Waals surface area contributed by atoms with Gasteiger partial charge in [-0.2, -0.15) is 0 Å². The minimum Gasteiger partial charge on any atom is -0.481 e. The van der Waals surface area contributed by atoms with Gasteiger partial charge in [0.05, 0.1) is 12.1 Å². The normalized spacial score (nSPS) is 24.5. The number of amides is 3. The molecule has 0 spiro atoms. The molecular formula is C25H42N4O8. The average Bonchev–Trinajstić information content (AvgIpc) is 3.43. The second-order valence-corrected chi connectivity index (χ2v) is 10.9. The molecule has 12 nitrogen and oxygen atoms in total. The van der Waals surface area contributed by atoms with Gasteiger partial charge in [-0.05, 0) is 69.7 Å². The molecule has 2 rings (SSSR count). The number of hydrogen-bond donors (Lipinski definition) is 7. The highest BCUT2D eigenvalue weighted by atomic mass is 16.4. The Bertz CT molecular complexity index is 849. The molecule has 2 aliphatic rings. The standard InChI is InChI=1S/C25H42N4O8/c1-12(2)20(25(36)37)28-22(33)13(3)27-24(35)21(14(4)30)29-23(34)18(7-8-19(31)32)26-11-17-10-15-5-6-16(17)9-15/h12-18,20-21,26,30H,5-11H2,1-4H3,(H,27,35)(H,28,33)(H,29,34)(H,31,32)(H,36,37)/t13-,14+,15+,16-,17?,18-,20-,21-/m0/s1. The number of nitrogens with one attached hydrogen (secondary N) is 4. The molecule has 2 saturated carbocycles. The van der Waals surface area contributed by atoms with E-state index in [1.165, 1.54) is 33.1 Å². The van der Waals surface area contributed by atoms with Crippen LogP contribution in [-0.2, 0) is 24.0 Å². The SMILES string of the molecule is CC(C)[C@H](NC(=O)[C@H](C)NC(=O)[C@@H](NC(=O)[C@H](CCC(=O)O)NCC1C[C@@H]2CC[C@H]1C2)[C@@H](C)O)C(=O)O. The third-order valence-electron chi connectivity index (χ3n) is 7.52. The lowest BCUT2D eigenvalue weighted by molar-refractivity contribution is -0.143. The fourth-order valence-electron chi connectivity index (χ4n) is 5.33. The van der Waals surface area contributed by atoms with E-state index < -0.39 is 59.9 Å². The van der Waals surface area contributed by atoms with E-state index in [1.807, 2.05) is 0 Å². The predicted octanol–water partition coefficient (Wildman–Crippen LogP) is -0.159. The van der Waals surface area contributed by atoms with Crippen LogP contribution in [0.3, 0.4) is 0 Å². The van der Waals surface area contributed by atoms with E-state index in [4.69, 9.17) is 5.11 Å². The van der Waals surface area contributed by atoms with Gasteiger partial charge in [-0.1, -0.05) is 20.3 Å². The van der Waals surface area contributed by atoms with Gasteiger partial charge in [-0.15, -0.1) is 0 Å². The van der Waals surface area contributed by atoms with Gasteiger partial charge in [-0.25, -0.2) is 4.79 Å². The molecule has 37 heavy (non-hydrogen) atoms. The molecule has 3 amide bonds. The van der Waals surface area contributed by atoms with Crippen molar-refractivity contribution in [1.82, 2.24) is 21.3 Å². The number of carboxylic acid groups (broad SMARTS) is 2. The molecule has 0 aromatic rings. The van der Waals surface area contributed by atoms with Crippen molar-refractivity contribution in [3.8, 4) is 0 Å². The van der Waals surface area contributed by atoms with Crippen molar-refractivity contribution in [3.05, 3.63) is 0 Å². The first-order valence-corrected chi connectivity index (χ1v) is 13.1. The monoisotopic (exact) mass is 526 g/mol. The fourth-order valence-corrected chi connectivity index (χ4v) is 5.33. The maximum Gasteiger partial charge on any atom is 0.326 e. The van der Waals surface area contributed by atoms with Crippen molar-refractivity contribution in [3.63, 3.8) is 0 Å². The second kappa shape index (κ2) is 13.7. The molecule has 2 fully saturated rings. The molecule has 1 unspecified atom stereocenters. The third kappa shape index (κ3) is 8.96. The highest BCUT2D eigenvalue weighted by Crippen LogP contribution is 2.47. The Morgan fingerprint density at radius 1 is 0.838 bits per heavy atom. The van der Waals surface area contributed by atoms with Crippen molar-refractivity contribution >= 4 is 29.7 Å². The lowest BCUT2D eigenvalue weighted by Crippen LogP contribution is -2.60. The molecule has 210 valence electrons. The van der Waals surface area contributed by atoms with E-state index >= 15 is 0 Å². The molecule has 0 saturated heterocycles. The van der Waals surface area contributed by atoms with Crippen LogP contribution in [0.4, 0.5) is 0 Å². The van der Waals surface area contributed by atoms with Crippen LogP contribution in [0.2, 0.25) is 0 Å². The van der Waals surface area contributed by atoms with Crippen molar-refractivity contribution in [2.45, 2.75) is 96.5 Å². The number of aliphatic carboxylic acids is 2. The molecule has 2 aliphatic carbocycles. The number of carbonyl (C=O) groups is 5. The molecule has 0 heterocycles.